The summed E-state index contributed by atoms with van der Waals surface area (Å²) in [5.41, 5.74) is 5.03. The van der Waals surface area contributed by atoms with Gasteiger partial charge in [-0.1, -0.05) is 46.9 Å². The Morgan fingerprint density at radius 2 is 1.88 bits per heavy atom. The lowest BCUT2D eigenvalue weighted by Gasteiger charge is -2.19. The second kappa shape index (κ2) is 15.9. The molecule has 178 valence electrons. The lowest BCUT2D eigenvalue weighted by atomic mass is 9.99. The molecule has 0 fully saturated rings. The van der Waals surface area contributed by atoms with Gasteiger partial charge >= 0.3 is 18.0 Å². The fraction of sp³-hybridized carbons (Fsp3) is 0.450. The van der Waals surface area contributed by atoms with Crippen LogP contribution >= 0.6 is 22.6 Å². The van der Waals surface area contributed by atoms with Crippen molar-refractivity contribution in [1.82, 2.24) is 10.6 Å². The van der Waals surface area contributed by atoms with Crippen LogP contribution in [-0.4, -0.2) is 70.1 Å². The number of carbonyl (C=O) groups is 5. The van der Waals surface area contributed by atoms with Crippen LogP contribution in [0.1, 0.15) is 19.3 Å². The number of rotatable bonds is 13. The summed E-state index contributed by atoms with van der Waals surface area (Å²) in [6.45, 7) is -0.849. The van der Waals surface area contributed by atoms with E-state index in [-0.39, 0.29) is 44.1 Å². The van der Waals surface area contributed by atoms with Crippen molar-refractivity contribution in [2.45, 2.75) is 25.3 Å². The molecule has 0 aromatic heterocycles. The fourth-order valence-electron chi connectivity index (χ4n) is 2.43. The Hall–Kier alpha value is -2.84. The Balaban J connectivity index is 2.41. The number of hydrogen-bond donors (Lipinski definition) is 3. The van der Waals surface area contributed by atoms with Crippen LogP contribution in [0.25, 0.3) is 0 Å². The summed E-state index contributed by atoms with van der Waals surface area (Å²) in [7, 11) is 5.35. The van der Waals surface area contributed by atoms with Gasteiger partial charge < -0.3 is 30.6 Å². The molecule has 0 aromatic rings. The van der Waals surface area contributed by atoms with Gasteiger partial charge in [0.2, 0.25) is 11.8 Å². The largest absolute Gasteiger partial charge is 0.461 e. The molecule has 3 amide bonds. The Kier molecular flexibility index (Phi) is 13.6. The van der Waals surface area contributed by atoms with Crippen molar-refractivity contribution in [1.29, 1.82) is 0 Å². The summed E-state index contributed by atoms with van der Waals surface area (Å²) in [4.78, 5) is 58.6. The van der Waals surface area contributed by atoms with Gasteiger partial charge in [-0.25, -0.2) is 9.59 Å². The highest BCUT2D eigenvalue weighted by Crippen LogP contribution is 2.11. The van der Waals surface area contributed by atoms with Gasteiger partial charge in [-0.2, -0.15) is 0 Å². The summed E-state index contributed by atoms with van der Waals surface area (Å²) in [5, 5.41) is 4.67. The van der Waals surface area contributed by atoms with E-state index in [1.165, 1.54) is 4.08 Å². The van der Waals surface area contributed by atoms with E-state index in [1.54, 1.807) is 22.6 Å². The van der Waals surface area contributed by atoms with Crippen molar-refractivity contribution in [3.8, 4) is 0 Å². The summed E-state index contributed by atoms with van der Waals surface area (Å²) in [5.74, 6) is -2.90. The first kappa shape index (κ1) is 28.2. The predicted octanol–water partition coefficient (Wildman–Crippen LogP) is 0.127. The zero-order valence-electron chi connectivity index (χ0n) is 17.8. The van der Waals surface area contributed by atoms with Crippen molar-refractivity contribution in [2.24, 2.45) is 11.7 Å². The van der Waals surface area contributed by atoms with Crippen molar-refractivity contribution < 1.29 is 38.2 Å². The molecule has 1 rings (SSSR count). The van der Waals surface area contributed by atoms with E-state index in [1.807, 2.05) is 24.3 Å². The quantitative estimate of drug-likeness (QED) is 0.0700. The van der Waals surface area contributed by atoms with E-state index in [4.69, 9.17) is 27.8 Å². The van der Waals surface area contributed by atoms with Crippen LogP contribution in [0.3, 0.4) is 0 Å². The molecule has 11 nitrogen and oxygen atoms in total. The van der Waals surface area contributed by atoms with Crippen LogP contribution in [0.15, 0.2) is 33.9 Å². The summed E-state index contributed by atoms with van der Waals surface area (Å²) < 4.78 is 16.1. The first-order valence-corrected chi connectivity index (χ1v) is 11.2. The zero-order valence-corrected chi connectivity index (χ0v) is 19.9. The number of allylic oxidation sites excluding steroid dienone is 3. The molecule has 33 heavy (non-hydrogen) atoms. The Morgan fingerprint density at radius 3 is 2.52 bits per heavy atom. The van der Waals surface area contributed by atoms with Gasteiger partial charge in [-0.05, 0) is 22.4 Å². The molecule has 1 aliphatic rings. The highest BCUT2D eigenvalue weighted by Gasteiger charge is 2.23. The standard InChI is InChI=1S/C20H25BIN3O8/c21-14(10-22)19(29)32-9-8-31-17(27)11-24-18(28)15(6-7-16(23)26)25-20(30)33-12-13-4-2-1-3-5-13/h1-4,10,13,15H,5-9,11-12H2,(H2,23,26)(H,24,28)(H,25,30)/b14-10-/t13?,15-/m0/s1. The van der Waals surface area contributed by atoms with Gasteiger partial charge in [-0.15, -0.1) is 0 Å². The molecule has 4 N–H and O–H groups in total. The van der Waals surface area contributed by atoms with Crippen molar-refractivity contribution in [3.63, 3.8) is 0 Å². The van der Waals surface area contributed by atoms with E-state index < -0.39 is 42.4 Å². The highest BCUT2D eigenvalue weighted by molar-refractivity contribution is 14.1. The van der Waals surface area contributed by atoms with Crippen LogP contribution in [-0.2, 0) is 33.4 Å². The van der Waals surface area contributed by atoms with Crippen LogP contribution in [0, 0.1) is 5.92 Å². The van der Waals surface area contributed by atoms with Crippen LogP contribution < -0.4 is 16.4 Å². The molecule has 0 bridgehead atoms. The molecule has 0 aromatic carbocycles. The van der Waals surface area contributed by atoms with Gasteiger partial charge in [-0.3, -0.25) is 14.4 Å². The number of esters is 2. The van der Waals surface area contributed by atoms with Gasteiger partial charge in [0, 0.05) is 12.3 Å². The highest BCUT2D eigenvalue weighted by atomic mass is 127. The molecule has 0 saturated carbocycles. The third-order valence-electron chi connectivity index (χ3n) is 4.13. The minimum atomic E-state index is -1.15. The van der Waals surface area contributed by atoms with Gasteiger partial charge in [0.05, 0.1) is 6.61 Å². The summed E-state index contributed by atoms with van der Waals surface area (Å²) >= 11 is 1.78. The first-order chi connectivity index (χ1) is 15.7. The van der Waals surface area contributed by atoms with Crippen molar-refractivity contribution >= 4 is 60.3 Å². The molecule has 13 heteroatoms. The number of nitrogens with one attached hydrogen (secondary N) is 2. The number of alkyl carbamates (subject to hydrolysis) is 1. The maximum absolute atomic E-state index is 12.4. The minimum absolute atomic E-state index is 0.0294. The van der Waals surface area contributed by atoms with E-state index >= 15 is 0 Å². The van der Waals surface area contributed by atoms with Gasteiger partial charge in [0.1, 0.15) is 33.6 Å². The average molecular weight is 573 g/mol. The number of carbonyl (C=O) groups excluding carboxylic acids is 5. The van der Waals surface area contributed by atoms with E-state index in [2.05, 4.69) is 10.6 Å². The number of hydrogen-bond acceptors (Lipinski definition) is 8. The lowest BCUT2D eigenvalue weighted by molar-refractivity contribution is -0.149. The normalized spacial score (nSPS) is 15.8. The molecular formula is C20H25BIN3O8. The minimum Gasteiger partial charge on any atom is -0.461 e. The van der Waals surface area contributed by atoms with E-state index in [0.29, 0.717) is 0 Å². The lowest BCUT2D eigenvalue weighted by Crippen LogP contribution is -2.48. The Bertz CT molecular complexity index is 815. The number of amides is 3. The van der Waals surface area contributed by atoms with Crippen LogP contribution in [0.5, 0.6) is 0 Å². The zero-order chi connectivity index (χ0) is 24.6. The summed E-state index contributed by atoms with van der Waals surface area (Å²) in [6, 6.07) is -1.15. The Morgan fingerprint density at radius 1 is 1.15 bits per heavy atom. The predicted molar refractivity (Wildman–Crippen MR) is 126 cm³/mol. The van der Waals surface area contributed by atoms with Crippen LogP contribution in [0.2, 0.25) is 0 Å². The second-order valence-electron chi connectivity index (χ2n) is 6.75. The van der Waals surface area contributed by atoms with Gasteiger partial charge in [0.25, 0.3) is 0 Å². The molecule has 0 spiro atoms. The third-order valence-corrected chi connectivity index (χ3v) is 4.80. The van der Waals surface area contributed by atoms with E-state index in [0.717, 1.165) is 6.42 Å². The fourth-order valence-corrected chi connectivity index (χ4v) is 2.68. The average Bonchev–Trinajstić information content (AvgIpc) is 2.81. The molecule has 1 unspecified atom stereocenters. The number of primary amides is 1. The maximum Gasteiger partial charge on any atom is 0.407 e. The Labute approximate surface area is 206 Å². The van der Waals surface area contributed by atoms with Crippen LogP contribution in [0.4, 0.5) is 4.79 Å². The molecule has 2 radical (unpaired) electrons. The SMILES string of the molecule is [B]/C(=C\I)C(=O)OCCOC(=O)CNC(=O)[C@H](CCC(N)=O)NC(=O)OCC1C=CC=CC1. The number of halogens is 1. The first-order valence-electron chi connectivity index (χ1n) is 9.94. The van der Waals surface area contributed by atoms with Gasteiger partial charge in [0.15, 0.2) is 0 Å². The molecular weight excluding hydrogens is 548 g/mol. The number of nitrogens with two attached hydrogens (primary N) is 1. The maximum atomic E-state index is 12.4. The smallest absolute Gasteiger partial charge is 0.407 e. The molecule has 2 atom stereocenters. The second-order valence-corrected chi connectivity index (χ2v) is 7.37. The number of ether oxygens (including phenoxy) is 3. The monoisotopic (exact) mass is 573 g/mol. The van der Waals surface area contributed by atoms with E-state index in [9.17, 15) is 24.0 Å². The molecule has 1 aliphatic carbocycles. The van der Waals surface area contributed by atoms with Crippen molar-refractivity contribution in [2.75, 3.05) is 26.4 Å². The molecule has 0 saturated heterocycles. The molecule has 0 aliphatic heterocycles. The molecule has 0 heterocycles. The topological polar surface area (TPSA) is 163 Å². The van der Waals surface area contributed by atoms with Crippen molar-refractivity contribution in [3.05, 3.63) is 33.9 Å². The summed E-state index contributed by atoms with van der Waals surface area (Å²) in [6.07, 6.45) is 7.20. The third kappa shape index (κ3) is 12.7.